The highest BCUT2D eigenvalue weighted by Crippen LogP contribution is 2.44. The van der Waals surface area contributed by atoms with Crippen molar-refractivity contribution in [3.8, 4) is 0 Å². The van der Waals surface area contributed by atoms with E-state index in [0.29, 0.717) is 18.1 Å². The molecule has 4 nitrogen and oxygen atoms in total. The Hall–Kier alpha value is -1.04. The number of hydrogen-bond donors (Lipinski definition) is 1. The smallest absolute Gasteiger partial charge is 0.248 e. The van der Waals surface area contributed by atoms with Gasteiger partial charge >= 0.3 is 0 Å². The summed E-state index contributed by atoms with van der Waals surface area (Å²) in [7, 11) is 0. The van der Waals surface area contributed by atoms with Gasteiger partial charge in [-0.1, -0.05) is 0 Å². The molecule has 1 aromatic rings. The number of aromatic nitrogens is 3. The van der Waals surface area contributed by atoms with E-state index < -0.39 is 5.92 Å². The van der Waals surface area contributed by atoms with Crippen molar-refractivity contribution < 1.29 is 13.9 Å². The van der Waals surface area contributed by atoms with E-state index >= 15 is 0 Å². The SMILES string of the molecule is CC(C)n1c(CO)nnc1C1CCC(F)(F)C1. The van der Waals surface area contributed by atoms with Gasteiger partial charge in [0.05, 0.1) is 0 Å². The number of halogens is 2. The zero-order chi connectivity index (χ0) is 12.6. The molecule has 17 heavy (non-hydrogen) atoms. The van der Waals surface area contributed by atoms with E-state index in [1.54, 1.807) is 4.57 Å². The summed E-state index contributed by atoms with van der Waals surface area (Å²) in [6.07, 6.45) is 0.184. The van der Waals surface area contributed by atoms with Crippen LogP contribution in [0.25, 0.3) is 0 Å². The number of hydrogen-bond acceptors (Lipinski definition) is 3. The third-order valence-electron chi connectivity index (χ3n) is 3.22. The van der Waals surface area contributed by atoms with E-state index in [1.165, 1.54) is 0 Å². The fourth-order valence-corrected chi connectivity index (χ4v) is 2.46. The summed E-state index contributed by atoms with van der Waals surface area (Å²) in [5, 5.41) is 17.0. The molecule has 1 atom stereocenters. The van der Waals surface area contributed by atoms with Crippen LogP contribution in [0.2, 0.25) is 0 Å². The van der Waals surface area contributed by atoms with Gasteiger partial charge in [-0.15, -0.1) is 10.2 Å². The average molecular weight is 245 g/mol. The molecule has 2 rings (SSSR count). The van der Waals surface area contributed by atoms with Gasteiger partial charge in [0.1, 0.15) is 12.4 Å². The molecule has 0 spiro atoms. The zero-order valence-corrected chi connectivity index (χ0v) is 10.0. The first-order chi connectivity index (χ1) is 7.94. The summed E-state index contributed by atoms with van der Waals surface area (Å²) >= 11 is 0. The van der Waals surface area contributed by atoms with Crippen LogP contribution in [0.3, 0.4) is 0 Å². The Labute approximate surface area is 98.7 Å². The van der Waals surface area contributed by atoms with Crippen molar-refractivity contribution in [2.24, 2.45) is 0 Å². The van der Waals surface area contributed by atoms with Gasteiger partial charge in [-0.2, -0.15) is 0 Å². The molecular formula is C11H17F2N3O. The standard InChI is InChI=1S/C11H17F2N3O/c1-7(2)16-9(6-17)14-15-10(16)8-3-4-11(12,13)5-8/h7-8,17H,3-6H2,1-2H3. The van der Waals surface area contributed by atoms with Crippen molar-refractivity contribution in [2.75, 3.05) is 0 Å². The van der Waals surface area contributed by atoms with Crippen LogP contribution in [0, 0.1) is 0 Å². The first-order valence-corrected chi connectivity index (χ1v) is 5.87. The Bertz CT molecular complexity index is 403. The summed E-state index contributed by atoms with van der Waals surface area (Å²) < 4.78 is 28.2. The van der Waals surface area contributed by atoms with Crippen LogP contribution in [-0.4, -0.2) is 25.8 Å². The van der Waals surface area contributed by atoms with Gasteiger partial charge in [-0.05, 0) is 20.3 Å². The van der Waals surface area contributed by atoms with Crippen molar-refractivity contribution in [3.05, 3.63) is 11.6 Å². The van der Waals surface area contributed by atoms with Gasteiger partial charge in [-0.3, -0.25) is 0 Å². The number of rotatable bonds is 3. The first-order valence-electron chi connectivity index (χ1n) is 5.87. The molecule has 0 amide bonds. The van der Waals surface area contributed by atoms with Gasteiger partial charge in [0, 0.05) is 24.8 Å². The predicted octanol–water partition coefficient (Wildman–Crippen LogP) is 2.25. The van der Waals surface area contributed by atoms with Crippen molar-refractivity contribution in [3.63, 3.8) is 0 Å². The molecule has 1 heterocycles. The Kier molecular flexibility index (Phi) is 3.16. The van der Waals surface area contributed by atoms with Gasteiger partial charge in [0.25, 0.3) is 0 Å². The lowest BCUT2D eigenvalue weighted by Gasteiger charge is -2.16. The monoisotopic (exact) mass is 245 g/mol. The molecule has 1 saturated carbocycles. The highest BCUT2D eigenvalue weighted by atomic mass is 19.3. The molecule has 1 aromatic heterocycles. The number of alkyl halides is 2. The van der Waals surface area contributed by atoms with E-state index in [2.05, 4.69) is 10.2 Å². The normalized spacial score (nSPS) is 23.5. The Morgan fingerprint density at radius 3 is 2.65 bits per heavy atom. The minimum atomic E-state index is -2.59. The quantitative estimate of drug-likeness (QED) is 0.888. The molecule has 96 valence electrons. The molecule has 0 radical (unpaired) electrons. The topological polar surface area (TPSA) is 50.9 Å². The van der Waals surface area contributed by atoms with E-state index in [4.69, 9.17) is 5.11 Å². The molecule has 6 heteroatoms. The van der Waals surface area contributed by atoms with Crippen molar-refractivity contribution in [2.45, 2.75) is 57.6 Å². The molecule has 1 N–H and O–H groups in total. The van der Waals surface area contributed by atoms with Crippen LogP contribution in [0.4, 0.5) is 8.78 Å². The molecule has 0 aliphatic heterocycles. The van der Waals surface area contributed by atoms with Gasteiger partial charge < -0.3 is 9.67 Å². The molecular weight excluding hydrogens is 228 g/mol. The zero-order valence-electron chi connectivity index (χ0n) is 10.0. The molecule has 0 saturated heterocycles. The number of aliphatic hydroxyl groups is 1. The summed E-state index contributed by atoms with van der Waals surface area (Å²) in [4.78, 5) is 0. The largest absolute Gasteiger partial charge is 0.388 e. The summed E-state index contributed by atoms with van der Waals surface area (Å²) in [5.74, 6) is -1.80. The highest BCUT2D eigenvalue weighted by molar-refractivity contribution is 5.07. The summed E-state index contributed by atoms with van der Waals surface area (Å²) in [6, 6.07) is 0.0661. The van der Waals surface area contributed by atoms with E-state index in [1.807, 2.05) is 13.8 Å². The van der Waals surface area contributed by atoms with Crippen molar-refractivity contribution >= 4 is 0 Å². The lowest BCUT2D eigenvalue weighted by Crippen LogP contribution is -2.14. The Balaban J connectivity index is 2.30. The van der Waals surface area contributed by atoms with E-state index in [0.717, 1.165) is 0 Å². The summed E-state index contributed by atoms with van der Waals surface area (Å²) in [6.45, 7) is 3.65. The van der Waals surface area contributed by atoms with Crippen LogP contribution < -0.4 is 0 Å². The maximum atomic E-state index is 13.2. The van der Waals surface area contributed by atoms with Crippen LogP contribution >= 0.6 is 0 Å². The predicted molar refractivity (Wildman–Crippen MR) is 57.9 cm³/mol. The number of aliphatic hydroxyl groups excluding tert-OH is 1. The molecule has 1 fully saturated rings. The maximum Gasteiger partial charge on any atom is 0.248 e. The molecule has 1 unspecified atom stereocenters. The molecule has 0 bridgehead atoms. The van der Waals surface area contributed by atoms with Crippen molar-refractivity contribution in [1.82, 2.24) is 14.8 Å². The third kappa shape index (κ3) is 2.31. The van der Waals surface area contributed by atoms with Crippen LogP contribution in [0.5, 0.6) is 0 Å². The second-order valence-electron chi connectivity index (χ2n) is 4.89. The molecule has 0 aromatic carbocycles. The van der Waals surface area contributed by atoms with Crippen LogP contribution in [0.1, 0.15) is 56.7 Å². The van der Waals surface area contributed by atoms with Crippen molar-refractivity contribution in [1.29, 1.82) is 0 Å². The Morgan fingerprint density at radius 1 is 1.47 bits per heavy atom. The lowest BCUT2D eigenvalue weighted by molar-refractivity contribution is 0.00741. The summed E-state index contributed by atoms with van der Waals surface area (Å²) in [5.41, 5.74) is 0. The Morgan fingerprint density at radius 2 is 2.18 bits per heavy atom. The lowest BCUT2D eigenvalue weighted by atomic mass is 10.1. The van der Waals surface area contributed by atoms with Gasteiger partial charge in [0.2, 0.25) is 5.92 Å². The van der Waals surface area contributed by atoms with E-state index in [9.17, 15) is 8.78 Å². The highest BCUT2D eigenvalue weighted by Gasteiger charge is 2.42. The fourth-order valence-electron chi connectivity index (χ4n) is 2.46. The van der Waals surface area contributed by atoms with Crippen LogP contribution in [0.15, 0.2) is 0 Å². The minimum absolute atomic E-state index is 0.0661. The third-order valence-corrected chi connectivity index (χ3v) is 3.22. The second kappa shape index (κ2) is 4.33. The number of nitrogens with zero attached hydrogens (tertiary/aromatic N) is 3. The fraction of sp³-hybridized carbons (Fsp3) is 0.818. The minimum Gasteiger partial charge on any atom is -0.388 e. The van der Waals surface area contributed by atoms with E-state index in [-0.39, 0.29) is 31.4 Å². The molecule has 1 aliphatic rings. The van der Waals surface area contributed by atoms with Gasteiger partial charge in [-0.25, -0.2) is 8.78 Å². The average Bonchev–Trinajstić information content (AvgIpc) is 2.80. The molecule has 1 aliphatic carbocycles. The first kappa shape index (κ1) is 12.4. The maximum absolute atomic E-state index is 13.2. The van der Waals surface area contributed by atoms with Gasteiger partial charge in [0.15, 0.2) is 5.82 Å². The van der Waals surface area contributed by atoms with Crippen LogP contribution in [-0.2, 0) is 6.61 Å². The second-order valence-corrected chi connectivity index (χ2v) is 4.89.